The van der Waals surface area contributed by atoms with Gasteiger partial charge in [-0.05, 0) is 56.7 Å². The number of likely N-dealkylation sites (tertiary alicyclic amines) is 1. The fraction of sp³-hybridized carbons (Fsp3) is 0.724. The summed E-state index contributed by atoms with van der Waals surface area (Å²) in [5.41, 5.74) is -0.557. The van der Waals surface area contributed by atoms with E-state index in [1.807, 2.05) is 11.8 Å². The van der Waals surface area contributed by atoms with Crippen molar-refractivity contribution >= 4 is 17.5 Å². The Morgan fingerprint density at radius 1 is 1.17 bits per heavy atom. The second-order valence-corrected chi connectivity index (χ2v) is 12.1. The van der Waals surface area contributed by atoms with Crippen molar-refractivity contribution in [3.05, 3.63) is 29.6 Å². The largest absolute Gasteiger partial charge is 0.387 e. The minimum absolute atomic E-state index is 0.0111. The van der Waals surface area contributed by atoms with Gasteiger partial charge in [-0.3, -0.25) is 9.59 Å². The van der Waals surface area contributed by atoms with E-state index in [0.717, 1.165) is 32.1 Å². The van der Waals surface area contributed by atoms with E-state index in [1.165, 1.54) is 44.2 Å². The summed E-state index contributed by atoms with van der Waals surface area (Å²) in [5, 5.41) is 15.5. The molecule has 2 saturated carbocycles. The Morgan fingerprint density at radius 3 is 2.61 bits per heavy atom. The van der Waals surface area contributed by atoms with Crippen molar-refractivity contribution in [2.75, 3.05) is 25.0 Å². The van der Waals surface area contributed by atoms with Crippen molar-refractivity contribution < 1.29 is 19.1 Å². The molecule has 2 heterocycles. The van der Waals surface area contributed by atoms with Gasteiger partial charge in [0.2, 0.25) is 5.91 Å². The van der Waals surface area contributed by atoms with E-state index in [9.17, 15) is 19.1 Å². The van der Waals surface area contributed by atoms with Crippen molar-refractivity contribution in [1.29, 1.82) is 0 Å². The predicted octanol–water partition coefficient (Wildman–Crippen LogP) is 5.17. The van der Waals surface area contributed by atoms with Crippen molar-refractivity contribution in [2.24, 2.45) is 17.3 Å². The fourth-order valence-electron chi connectivity index (χ4n) is 7.57. The number of fused-ring (bicyclic) bond motifs is 1. The lowest BCUT2D eigenvalue weighted by atomic mass is 9.65. The number of aliphatic hydroxyl groups is 1. The SMILES string of the molecule is CC1Nc2ccc(F)cc2C(=O)N1CC1(O)CCN(C(=O)[C@H](C)CC2CCCCC2)CC12CCCC2. The maximum atomic E-state index is 13.9. The molecule has 2 amide bonds. The van der Waals surface area contributed by atoms with Gasteiger partial charge in [0.1, 0.15) is 5.82 Å². The number of piperidine rings is 1. The summed E-state index contributed by atoms with van der Waals surface area (Å²) in [4.78, 5) is 30.6. The highest BCUT2D eigenvalue weighted by Crippen LogP contribution is 2.52. The van der Waals surface area contributed by atoms with Gasteiger partial charge in [0.05, 0.1) is 23.9 Å². The van der Waals surface area contributed by atoms with Crippen molar-refractivity contribution in [1.82, 2.24) is 9.80 Å². The topological polar surface area (TPSA) is 72.9 Å². The number of rotatable bonds is 5. The molecular formula is C29H42FN3O3. The summed E-state index contributed by atoms with van der Waals surface area (Å²) in [7, 11) is 0. The van der Waals surface area contributed by atoms with Crippen LogP contribution in [0.3, 0.4) is 0 Å². The molecule has 3 fully saturated rings. The average Bonchev–Trinajstić information content (AvgIpc) is 3.34. The Morgan fingerprint density at radius 2 is 1.89 bits per heavy atom. The van der Waals surface area contributed by atoms with E-state index >= 15 is 0 Å². The van der Waals surface area contributed by atoms with Crippen LogP contribution < -0.4 is 5.32 Å². The summed E-state index contributed by atoms with van der Waals surface area (Å²) in [6.45, 7) is 5.25. The van der Waals surface area contributed by atoms with Crippen molar-refractivity contribution in [3.63, 3.8) is 0 Å². The third kappa shape index (κ3) is 4.64. The smallest absolute Gasteiger partial charge is 0.257 e. The molecule has 1 aromatic rings. The van der Waals surface area contributed by atoms with Crippen LogP contribution in [0.5, 0.6) is 0 Å². The van der Waals surface area contributed by atoms with E-state index in [1.54, 1.807) is 11.0 Å². The normalized spacial score (nSPS) is 29.2. The first-order valence-electron chi connectivity index (χ1n) is 14.1. The van der Waals surface area contributed by atoms with Crippen LogP contribution in [0, 0.1) is 23.1 Å². The molecule has 1 saturated heterocycles. The minimum Gasteiger partial charge on any atom is -0.387 e. The minimum atomic E-state index is -1.08. The zero-order valence-electron chi connectivity index (χ0n) is 21.9. The molecule has 3 atom stereocenters. The quantitative estimate of drug-likeness (QED) is 0.586. The molecule has 5 rings (SSSR count). The van der Waals surface area contributed by atoms with Gasteiger partial charge in [0, 0.05) is 30.1 Å². The van der Waals surface area contributed by atoms with Crippen LogP contribution in [-0.2, 0) is 4.79 Å². The predicted molar refractivity (Wildman–Crippen MR) is 138 cm³/mol. The van der Waals surface area contributed by atoms with Gasteiger partial charge in [-0.15, -0.1) is 0 Å². The van der Waals surface area contributed by atoms with E-state index in [-0.39, 0.29) is 30.4 Å². The maximum absolute atomic E-state index is 13.9. The molecule has 4 aliphatic rings. The van der Waals surface area contributed by atoms with Gasteiger partial charge in [0.25, 0.3) is 5.91 Å². The number of benzene rings is 1. The molecule has 1 aromatic carbocycles. The molecule has 6 nitrogen and oxygen atoms in total. The number of halogens is 1. The van der Waals surface area contributed by atoms with Gasteiger partial charge in [-0.2, -0.15) is 0 Å². The van der Waals surface area contributed by atoms with Crippen molar-refractivity contribution in [2.45, 2.75) is 96.2 Å². The molecular weight excluding hydrogens is 457 g/mol. The Hall–Kier alpha value is -2.15. The molecule has 36 heavy (non-hydrogen) atoms. The Balaban J connectivity index is 1.31. The second-order valence-electron chi connectivity index (χ2n) is 12.1. The zero-order valence-corrected chi connectivity index (χ0v) is 21.9. The van der Waals surface area contributed by atoms with Gasteiger partial charge >= 0.3 is 0 Å². The molecule has 0 bridgehead atoms. The fourth-order valence-corrected chi connectivity index (χ4v) is 7.57. The second kappa shape index (κ2) is 9.96. The zero-order chi connectivity index (χ0) is 25.5. The van der Waals surface area contributed by atoms with Gasteiger partial charge < -0.3 is 20.2 Å². The number of nitrogens with zero attached hydrogens (tertiary/aromatic N) is 2. The summed E-state index contributed by atoms with van der Waals surface area (Å²) < 4.78 is 13.9. The third-order valence-corrected chi connectivity index (χ3v) is 9.72. The Bertz CT molecular complexity index is 988. The van der Waals surface area contributed by atoms with E-state index < -0.39 is 16.8 Å². The maximum Gasteiger partial charge on any atom is 0.257 e. The van der Waals surface area contributed by atoms with Crippen LogP contribution >= 0.6 is 0 Å². The van der Waals surface area contributed by atoms with Gasteiger partial charge in [0.15, 0.2) is 0 Å². The van der Waals surface area contributed by atoms with Gasteiger partial charge in [-0.1, -0.05) is 51.9 Å². The molecule has 0 radical (unpaired) electrons. The number of hydrogen-bond donors (Lipinski definition) is 2. The van der Waals surface area contributed by atoms with Crippen LogP contribution in [0.2, 0.25) is 0 Å². The summed E-state index contributed by atoms with van der Waals surface area (Å²) in [6, 6.07) is 4.22. The lowest BCUT2D eigenvalue weighted by Crippen LogP contribution is -2.66. The monoisotopic (exact) mass is 499 g/mol. The standard InChI is InChI=1S/C29H42FN3O3/c1-20(16-22-8-4-3-5-9-22)26(34)32-15-14-29(36,28(18-32)12-6-7-13-28)19-33-21(2)31-25-11-10-23(30)17-24(25)27(33)35/h10-11,17,20-22,31,36H,3-9,12-16,18-19H2,1-2H3/t20-,21?,29?/m1/s1. The first-order valence-corrected chi connectivity index (χ1v) is 14.1. The lowest BCUT2D eigenvalue weighted by molar-refractivity contribution is -0.164. The average molecular weight is 500 g/mol. The van der Waals surface area contributed by atoms with E-state index in [0.29, 0.717) is 36.7 Å². The molecule has 198 valence electrons. The number of β-amino-alcohol motifs (C(OH)–C–C–N with tert-alkyl or cyclic N) is 1. The van der Waals surface area contributed by atoms with Crippen molar-refractivity contribution in [3.8, 4) is 0 Å². The third-order valence-electron chi connectivity index (χ3n) is 9.72. The number of carbonyl (C=O) groups is 2. The molecule has 0 aromatic heterocycles. The molecule has 2 unspecified atom stereocenters. The van der Waals surface area contributed by atoms with Gasteiger partial charge in [-0.25, -0.2) is 4.39 Å². The first-order chi connectivity index (χ1) is 17.2. The first kappa shape index (κ1) is 25.5. The van der Waals surface area contributed by atoms with E-state index in [4.69, 9.17) is 0 Å². The lowest BCUT2D eigenvalue weighted by Gasteiger charge is -2.54. The summed E-state index contributed by atoms with van der Waals surface area (Å²) in [6.07, 6.45) is 11.3. The summed E-state index contributed by atoms with van der Waals surface area (Å²) in [5.74, 6) is 0.196. The molecule has 7 heteroatoms. The van der Waals surface area contributed by atoms with Crippen LogP contribution in [-0.4, -0.2) is 58.1 Å². The molecule has 2 N–H and O–H groups in total. The number of nitrogens with one attached hydrogen (secondary N) is 1. The van der Waals surface area contributed by atoms with Crippen LogP contribution in [0.25, 0.3) is 0 Å². The molecule has 1 spiro atoms. The molecule has 2 aliphatic heterocycles. The number of anilines is 1. The highest BCUT2D eigenvalue weighted by molar-refractivity contribution is 6.01. The van der Waals surface area contributed by atoms with E-state index in [2.05, 4.69) is 12.2 Å². The number of amides is 2. The molecule has 2 aliphatic carbocycles. The Kier molecular flexibility index (Phi) is 7.05. The highest BCUT2D eigenvalue weighted by Gasteiger charge is 2.57. The van der Waals surface area contributed by atoms with Crippen LogP contribution in [0.1, 0.15) is 94.8 Å². The van der Waals surface area contributed by atoms with Crippen LogP contribution in [0.4, 0.5) is 10.1 Å². The van der Waals surface area contributed by atoms with Crippen LogP contribution in [0.15, 0.2) is 18.2 Å². The Labute approximate surface area is 214 Å². The summed E-state index contributed by atoms with van der Waals surface area (Å²) >= 11 is 0. The highest BCUT2D eigenvalue weighted by atomic mass is 19.1. The number of hydrogen-bond acceptors (Lipinski definition) is 4. The number of carbonyl (C=O) groups excluding carboxylic acids is 2.